The molecule has 1 aliphatic rings. The van der Waals surface area contributed by atoms with Gasteiger partial charge in [0.15, 0.2) is 0 Å². The van der Waals surface area contributed by atoms with Crippen molar-refractivity contribution in [2.24, 2.45) is 5.73 Å². The molecular weight excluding hydrogens is 214 g/mol. The first kappa shape index (κ1) is 12.0. The van der Waals surface area contributed by atoms with E-state index in [1.54, 1.807) is 7.11 Å². The average molecular weight is 235 g/mol. The molecular formula is C13H21N3O. The highest BCUT2D eigenvalue weighted by Crippen LogP contribution is 2.36. The molecule has 17 heavy (non-hydrogen) atoms. The molecule has 2 rings (SSSR count). The maximum Gasteiger partial charge on any atom is 0.124 e. The lowest BCUT2D eigenvalue weighted by Crippen LogP contribution is -2.16. The molecule has 1 aromatic rings. The standard InChI is InChI=1S/C13H21N3O/c1-17-12-6-5-11(15-9-3-7-14)13-10(12)4-2-8-16-13/h5-6,15-16H,2-4,7-9,14H2,1H3. The lowest BCUT2D eigenvalue weighted by molar-refractivity contribution is 0.409. The molecule has 0 fully saturated rings. The van der Waals surface area contributed by atoms with Gasteiger partial charge in [-0.05, 0) is 37.9 Å². The molecule has 4 N–H and O–H groups in total. The minimum Gasteiger partial charge on any atom is -0.496 e. The van der Waals surface area contributed by atoms with Crippen molar-refractivity contribution < 1.29 is 4.74 Å². The fourth-order valence-corrected chi connectivity index (χ4v) is 2.22. The van der Waals surface area contributed by atoms with Crippen molar-refractivity contribution in [1.29, 1.82) is 0 Å². The minimum atomic E-state index is 0.721. The molecule has 1 aromatic carbocycles. The Kier molecular flexibility index (Phi) is 4.09. The maximum absolute atomic E-state index is 5.50. The Bertz CT molecular complexity index is 379. The van der Waals surface area contributed by atoms with E-state index in [9.17, 15) is 0 Å². The number of rotatable bonds is 5. The zero-order valence-corrected chi connectivity index (χ0v) is 10.4. The third-order valence-corrected chi connectivity index (χ3v) is 3.09. The fourth-order valence-electron chi connectivity index (χ4n) is 2.22. The molecule has 4 nitrogen and oxygen atoms in total. The Morgan fingerprint density at radius 1 is 1.47 bits per heavy atom. The highest BCUT2D eigenvalue weighted by Gasteiger charge is 2.16. The molecule has 0 aliphatic carbocycles. The summed E-state index contributed by atoms with van der Waals surface area (Å²) in [5, 5.41) is 6.89. The van der Waals surface area contributed by atoms with Gasteiger partial charge in [-0.1, -0.05) is 0 Å². The predicted octanol–water partition coefficient (Wildman–Crippen LogP) is 1.81. The number of methoxy groups -OCH3 is 1. The molecule has 0 radical (unpaired) electrons. The van der Waals surface area contributed by atoms with Gasteiger partial charge in [0.1, 0.15) is 5.75 Å². The monoisotopic (exact) mass is 235 g/mol. The van der Waals surface area contributed by atoms with Gasteiger partial charge in [0, 0.05) is 18.7 Å². The lowest BCUT2D eigenvalue weighted by Gasteiger charge is -2.24. The number of fused-ring (bicyclic) bond motifs is 1. The second-order valence-corrected chi connectivity index (χ2v) is 4.27. The molecule has 1 heterocycles. The summed E-state index contributed by atoms with van der Waals surface area (Å²) in [5.74, 6) is 0.983. The van der Waals surface area contributed by atoms with Gasteiger partial charge < -0.3 is 21.1 Å². The van der Waals surface area contributed by atoms with Gasteiger partial charge in [0.05, 0.1) is 18.5 Å². The molecule has 0 amide bonds. The van der Waals surface area contributed by atoms with E-state index in [0.717, 1.165) is 50.3 Å². The van der Waals surface area contributed by atoms with Crippen LogP contribution >= 0.6 is 0 Å². The second kappa shape index (κ2) is 5.77. The van der Waals surface area contributed by atoms with Gasteiger partial charge in [-0.25, -0.2) is 0 Å². The first-order valence-electron chi connectivity index (χ1n) is 6.24. The topological polar surface area (TPSA) is 59.3 Å². The van der Waals surface area contributed by atoms with Crippen LogP contribution in [0.15, 0.2) is 12.1 Å². The van der Waals surface area contributed by atoms with Crippen molar-refractivity contribution in [1.82, 2.24) is 0 Å². The summed E-state index contributed by atoms with van der Waals surface area (Å²) in [6, 6.07) is 4.11. The van der Waals surface area contributed by atoms with E-state index in [4.69, 9.17) is 10.5 Å². The van der Waals surface area contributed by atoms with Gasteiger partial charge in [0.25, 0.3) is 0 Å². The number of benzene rings is 1. The third kappa shape index (κ3) is 2.64. The van der Waals surface area contributed by atoms with Gasteiger partial charge >= 0.3 is 0 Å². The van der Waals surface area contributed by atoms with Crippen LogP contribution in [-0.2, 0) is 6.42 Å². The van der Waals surface area contributed by atoms with Crippen molar-refractivity contribution in [3.05, 3.63) is 17.7 Å². The molecule has 0 saturated carbocycles. The quantitative estimate of drug-likeness (QED) is 0.681. The van der Waals surface area contributed by atoms with Crippen molar-refractivity contribution >= 4 is 11.4 Å². The van der Waals surface area contributed by atoms with E-state index < -0.39 is 0 Å². The van der Waals surface area contributed by atoms with Crippen LogP contribution in [0.4, 0.5) is 11.4 Å². The van der Waals surface area contributed by atoms with Crippen molar-refractivity contribution in [3.8, 4) is 5.75 Å². The molecule has 0 atom stereocenters. The van der Waals surface area contributed by atoms with E-state index in [2.05, 4.69) is 16.7 Å². The molecule has 0 unspecified atom stereocenters. The van der Waals surface area contributed by atoms with Crippen LogP contribution < -0.4 is 21.1 Å². The Morgan fingerprint density at radius 3 is 3.12 bits per heavy atom. The normalized spacial score (nSPS) is 13.8. The van der Waals surface area contributed by atoms with Gasteiger partial charge in [0.2, 0.25) is 0 Å². The lowest BCUT2D eigenvalue weighted by atomic mass is 10.0. The van der Waals surface area contributed by atoms with Crippen LogP contribution in [0.25, 0.3) is 0 Å². The van der Waals surface area contributed by atoms with Crippen LogP contribution in [0.3, 0.4) is 0 Å². The number of hydrogen-bond acceptors (Lipinski definition) is 4. The summed E-state index contributed by atoms with van der Waals surface area (Å²) in [4.78, 5) is 0. The van der Waals surface area contributed by atoms with E-state index >= 15 is 0 Å². The van der Waals surface area contributed by atoms with Crippen LogP contribution in [0.2, 0.25) is 0 Å². The zero-order valence-electron chi connectivity index (χ0n) is 10.4. The number of ether oxygens (including phenoxy) is 1. The van der Waals surface area contributed by atoms with Gasteiger partial charge in [-0.2, -0.15) is 0 Å². The molecule has 0 bridgehead atoms. The largest absolute Gasteiger partial charge is 0.496 e. The molecule has 0 spiro atoms. The smallest absolute Gasteiger partial charge is 0.124 e. The first-order valence-corrected chi connectivity index (χ1v) is 6.24. The van der Waals surface area contributed by atoms with Crippen molar-refractivity contribution in [2.45, 2.75) is 19.3 Å². The minimum absolute atomic E-state index is 0.721. The summed E-state index contributed by atoms with van der Waals surface area (Å²) >= 11 is 0. The van der Waals surface area contributed by atoms with Gasteiger partial charge in [-0.15, -0.1) is 0 Å². The third-order valence-electron chi connectivity index (χ3n) is 3.09. The summed E-state index contributed by atoms with van der Waals surface area (Å²) in [5.41, 5.74) is 9.15. The summed E-state index contributed by atoms with van der Waals surface area (Å²) in [6.45, 7) is 2.67. The highest BCUT2D eigenvalue weighted by atomic mass is 16.5. The summed E-state index contributed by atoms with van der Waals surface area (Å²) < 4.78 is 5.41. The number of anilines is 2. The number of nitrogens with one attached hydrogen (secondary N) is 2. The van der Waals surface area contributed by atoms with Crippen molar-refractivity contribution in [3.63, 3.8) is 0 Å². The fraction of sp³-hybridized carbons (Fsp3) is 0.538. The maximum atomic E-state index is 5.50. The highest BCUT2D eigenvalue weighted by molar-refractivity contribution is 5.76. The van der Waals surface area contributed by atoms with E-state index in [1.807, 2.05) is 6.07 Å². The average Bonchev–Trinajstić information content (AvgIpc) is 2.39. The first-order chi connectivity index (χ1) is 8.36. The van der Waals surface area contributed by atoms with Crippen LogP contribution in [-0.4, -0.2) is 26.7 Å². The van der Waals surface area contributed by atoms with Crippen molar-refractivity contribution in [2.75, 3.05) is 37.4 Å². The Morgan fingerprint density at radius 2 is 2.35 bits per heavy atom. The molecule has 94 valence electrons. The van der Waals surface area contributed by atoms with E-state index in [0.29, 0.717) is 0 Å². The molecule has 1 aliphatic heterocycles. The number of hydrogen-bond donors (Lipinski definition) is 3. The number of nitrogens with two attached hydrogens (primary N) is 1. The Labute approximate surface area is 103 Å². The van der Waals surface area contributed by atoms with E-state index in [-0.39, 0.29) is 0 Å². The summed E-state index contributed by atoms with van der Waals surface area (Å²) in [7, 11) is 1.73. The molecule has 4 heteroatoms. The second-order valence-electron chi connectivity index (χ2n) is 4.27. The molecule has 0 aromatic heterocycles. The Hall–Kier alpha value is -1.42. The summed E-state index contributed by atoms with van der Waals surface area (Å²) in [6.07, 6.45) is 3.23. The Balaban J connectivity index is 2.21. The van der Waals surface area contributed by atoms with Crippen LogP contribution in [0.1, 0.15) is 18.4 Å². The van der Waals surface area contributed by atoms with Gasteiger partial charge in [-0.3, -0.25) is 0 Å². The zero-order chi connectivity index (χ0) is 12.1. The predicted molar refractivity (Wildman–Crippen MR) is 72.0 cm³/mol. The van der Waals surface area contributed by atoms with Crippen LogP contribution in [0, 0.1) is 0 Å². The SMILES string of the molecule is COc1ccc(NCCCN)c2c1CCCN2. The van der Waals surface area contributed by atoms with E-state index in [1.165, 1.54) is 11.3 Å². The van der Waals surface area contributed by atoms with Crippen LogP contribution in [0.5, 0.6) is 5.75 Å². The molecule has 0 saturated heterocycles.